The molecule has 1 aliphatic rings. The molecule has 1 saturated heterocycles. The highest BCUT2D eigenvalue weighted by Gasteiger charge is 2.23. The molecule has 0 saturated carbocycles. The average Bonchev–Trinajstić information content (AvgIpc) is 2.30. The van der Waals surface area contributed by atoms with Gasteiger partial charge in [-0.2, -0.15) is 0 Å². The molecule has 0 aromatic carbocycles. The number of carbonyl (C=O) groups excluding carboxylic acids is 2. The van der Waals surface area contributed by atoms with Crippen LogP contribution < -0.4 is 5.32 Å². The van der Waals surface area contributed by atoms with Crippen molar-refractivity contribution in [1.82, 2.24) is 5.32 Å². The molecule has 0 radical (unpaired) electrons. The summed E-state index contributed by atoms with van der Waals surface area (Å²) in [6, 6.07) is 0. The molecule has 1 aliphatic heterocycles. The molecule has 0 aromatic heterocycles. The van der Waals surface area contributed by atoms with Crippen LogP contribution in [0.2, 0.25) is 0 Å². The first-order valence-corrected chi connectivity index (χ1v) is 4.67. The molecule has 1 N–H and O–H groups in total. The number of carbonyl (C=O) groups is 2. The Morgan fingerprint density at radius 2 is 2.29 bits per heavy atom. The molecule has 1 fully saturated rings. The van der Waals surface area contributed by atoms with Gasteiger partial charge in [0.2, 0.25) is 5.91 Å². The Bertz CT molecular complexity index is 204. The molecule has 14 heavy (non-hydrogen) atoms. The molecule has 4 heteroatoms. The van der Waals surface area contributed by atoms with Gasteiger partial charge in [-0.3, -0.25) is 9.59 Å². The molecular formula is C10H19NO3. The number of esters is 1. The van der Waals surface area contributed by atoms with Crippen LogP contribution >= 0.6 is 0 Å². The van der Waals surface area contributed by atoms with Crippen molar-refractivity contribution in [2.24, 2.45) is 5.92 Å². The van der Waals surface area contributed by atoms with Crippen molar-refractivity contribution in [3.05, 3.63) is 0 Å². The lowest BCUT2D eigenvalue weighted by atomic mass is 10.0. The van der Waals surface area contributed by atoms with Crippen molar-refractivity contribution >= 4 is 11.9 Å². The summed E-state index contributed by atoms with van der Waals surface area (Å²) in [5.74, 6) is -0.232. The van der Waals surface area contributed by atoms with E-state index in [2.05, 4.69) is 5.32 Å². The summed E-state index contributed by atoms with van der Waals surface area (Å²) in [4.78, 5) is 22.2. The summed E-state index contributed by atoms with van der Waals surface area (Å²) in [5, 5.41) is 2.72. The minimum Gasteiger partial charge on any atom is -0.466 e. The number of ether oxygens (including phenoxy) is 1. The Morgan fingerprint density at radius 1 is 1.57 bits per heavy atom. The third-order valence-corrected chi connectivity index (χ3v) is 2.15. The van der Waals surface area contributed by atoms with Crippen LogP contribution in [0.25, 0.3) is 0 Å². The summed E-state index contributed by atoms with van der Waals surface area (Å²) in [5.41, 5.74) is 0. The molecule has 1 unspecified atom stereocenters. The van der Waals surface area contributed by atoms with E-state index in [4.69, 9.17) is 4.74 Å². The van der Waals surface area contributed by atoms with E-state index in [0.29, 0.717) is 32.4 Å². The number of rotatable bonds is 2. The lowest BCUT2D eigenvalue weighted by Crippen LogP contribution is -2.22. The van der Waals surface area contributed by atoms with Crippen LogP contribution in [-0.2, 0) is 14.3 Å². The molecule has 0 spiro atoms. The van der Waals surface area contributed by atoms with E-state index in [0.717, 1.165) is 0 Å². The molecule has 1 atom stereocenters. The first-order valence-electron chi connectivity index (χ1n) is 4.67. The van der Waals surface area contributed by atoms with E-state index in [1.165, 1.54) is 0 Å². The van der Waals surface area contributed by atoms with Crippen LogP contribution in [0.15, 0.2) is 0 Å². The van der Waals surface area contributed by atoms with Crippen LogP contribution in [0, 0.1) is 5.92 Å². The smallest absolute Gasteiger partial charge is 0.308 e. The molecule has 1 rings (SSSR count). The van der Waals surface area contributed by atoms with Gasteiger partial charge in [-0.1, -0.05) is 7.43 Å². The topological polar surface area (TPSA) is 55.4 Å². The maximum atomic E-state index is 11.3. The molecule has 1 amide bonds. The Hall–Kier alpha value is -1.06. The SMILES string of the molecule is C.CCOC(=O)C1CCNC(=O)CC1. The Labute approximate surface area is 85.0 Å². The summed E-state index contributed by atoms with van der Waals surface area (Å²) in [7, 11) is 0. The highest BCUT2D eigenvalue weighted by Crippen LogP contribution is 2.15. The molecule has 4 nitrogen and oxygen atoms in total. The zero-order valence-corrected chi connectivity index (χ0v) is 7.84. The number of amides is 1. The van der Waals surface area contributed by atoms with Crippen molar-refractivity contribution in [3.63, 3.8) is 0 Å². The Morgan fingerprint density at radius 3 is 2.93 bits per heavy atom. The predicted molar refractivity (Wildman–Crippen MR) is 53.7 cm³/mol. The van der Waals surface area contributed by atoms with Crippen molar-refractivity contribution < 1.29 is 14.3 Å². The van der Waals surface area contributed by atoms with Gasteiger partial charge in [0.25, 0.3) is 0 Å². The molecule has 0 bridgehead atoms. The molecule has 82 valence electrons. The van der Waals surface area contributed by atoms with Gasteiger partial charge in [-0.15, -0.1) is 0 Å². The molecule has 0 aliphatic carbocycles. The molecule has 0 aromatic rings. The fourth-order valence-electron chi connectivity index (χ4n) is 1.42. The van der Waals surface area contributed by atoms with Gasteiger partial charge in [0.1, 0.15) is 0 Å². The first kappa shape index (κ1) is 12.9. The van der Waals surface area contributed by atoms with E-state index >= 15 is 0 Å². The predicted octanol–water partition coefficient (Wildman–Crippen LogP) is 1.10. The van der Waals surface area contributed by atoms with Gasteiger partial charge in [0.05, 0.1) is 12.5 Å². The lowest BCUT2D eigenvalue weighted by Gasteiger charge is -2.10. The minimum absolute atomic E-state index is 0. The summed E-state index contributed by atoms with van der Waals surface area (Å²) < 4.78 is 4.89. The Kier molecular flexibility index (Phi) is 5.92. The summed E-state index contributed by atoms with van der Waals surface area (Å²) in [6.45, 7) is 2.79. The molecule has 1 heterocycles. The van der Waals surface area contributed by atoms with Gasteiger partial charge in [-0.25, -0.2) is 0 Å². The van der Waals surface area contributed by atoms with Gasteiger partial charge < -0.3 is 10.1 Å². The van der Waals surface area contributed by atoms with Gasteiger partial charge in [0.15, 0.2) is 0 Å². The number of nitrogens with one attached hydrogen (secondary N) is 1. The zero-order valence-electron chi connectivity index (χ0n) is 7.84. The van der Waals surface area contributed by atoms with Crippen LogP contribution in [-0.4, -0.2) is 25.0 Å². The van der Waals surface area contributed by atoms with E-state index in [9.17, 15) is 9.59 Å². The first-order chi connectivity index (χ1) is 6.24. The second kappa shape index (κ2) is 6.40. The standard InChI is InChI=1S/C9H15NO3.CH4/c1-2-13-9(12)7-3-4-8(11)10-6-5-7;/h7H,2-6H2,1H3,(H,10,11);1H4. The highest BCUT2D eigenvalue weighted by atomic mass is 16.5. The zero-order chi connectivity index (χ0) is 9.68. The van der Waals surface area contributed by atoms with Crippen molar-refractivity contribution in [2.75, 3.05) is 13.2 Å². The monoisotopic (exact) mass is 201 g/mol. The van der Waals surface area contributed by atoms with Crippen molar-refractivity contribution in [2.45, 2.75) is 33.6 Å². The van der Waals surface area contributed by atoms with E-state index in [1.54, 1.807) is 6.92 Å². The van der Waals surface area contributed by atoms with Crippen LogP contribution in [0.4, 0.5) is 0 Å². The third-order valence-electron chi connectivity index (χ3n) is 2.15. The quantitative estimate of drug-likeness (QED) is 0.681. The third kappa shape index (κ3) is 3.77. The normalized spacial score (nSPS) is 21.5. The van der Waals surface area contributed by atoms with Gasteiger partial charge >= 0.3 is 5.97 Å². The van der Waals surface area contributed by atoms with Gasteiger partial charge in [-0.05, 0) is 19.8 Å². The van der Waals surface area contributed by atoms with Crippen LogP contribution in [0.5, 0.6) is 0 Å². The fraction of sp³-hybridized carbons (Fsp3) is 0.800. The summed E-state index contributed by atoms with van der Waals surface area (Å²) >= 11 is 0. The van der Waals surface area contributed by atoms with Crippen molar-refractivity contribution in [3.8, 4) is 0 Å². The van der Waals surface area contributed by atoms with Crippen LogP contribution in [0.3, 0.4) is 0 Å². The van der Waals surface area contributed by atoms with Gasteiger partial charge in [0, 0.05) is 13.0 Å². The average molecular weight is 201 g/mol. The highest BCUT2D eigenvalue weighted by molar-refractivity contribution is 5.78. The fourth-order valence-corrected chi connectivity index (χ4v) is 1.42. The molecular weight excluding hydrogens is 182 g/mol. The maximum Gasteiger partial charge on any atom is 0.308 e. The van der Waals surface area contributed by atoms with Crippen LogP contribution in [0.1, 0.15) is 33.6 Å². The second-order valence-corrected chi connectivity index (χ2v) is 3.13. The largest absolute Gasteiger partial charge is 0.466 e. The number of hydrogen-bond acceptors (Lipinski definition) is 3. The number of hydrogen-bond donors (Lipinski definition) is 1. The van der Waals surface area contributed by atoms with E-state index in [1.807, 2.05) is 0 Å². The second-order valence-electron chi connectivity index (χ2n) is 3.13. The van der Waals surface area contributed by atoms with Crippen molar-refractivity contribution in [1.29, 1.82) is 0 Å². The Balaban J connectivity index is 0.00000169. The lowest BCUT2D eigenvalue weighted by molar-refractivity contribution is -0.148. The minimum atomic E-state index is -0.168. The van der Waals surface area contributed by atoms with E-state index < -0.39 is 0 Å². The summed E-state index contributed by atoms with van der Waals surface area (Å²) in [6.07, 6.45) is 1.75. The maximum absolute atomic E-state index is 11.3. The van der Waals surface area contributed by atoms with E-state index in [-0.39, 0.29) is 25.2 Å².